The topological polar surface area (TPSA) is 80.9 Å². The molecule has 2 aromatic carbocycles. The van der Waals surface area contributed by atoms with E-state index in [4.69, 9.17) is 66.8 Å². The van der Waals surface area contributed by atoms with E-state index in [2.05, 4.69) is 0 Å². The molecule has 0 saturated carbocycles. The number of aromatic hydroxyl groups is 4. The number of phenols is 4. The second kappa shape index (κ2) is 6.99. The number of rotatable bonds is 0. The molecule has 2 rings (SSSR count). The van der Waals surface area contributed by atoms with Crippen molar-refractivity contribution in [3.05, 3.63) is 44.4 Å². The van der Waals surface area contributed by atoms with E-state index in [0.29, 0.717) is 0 Å². The minimum atomic E-state index is -0.135. The molecule has 0 aromatic heterocycles. The first-order valence-corrected chi connectivity index (χ1v) is 6.48. The van der Waals surface area contributed by atoms with Crippen LogP contribution in [-0.2, 0) is 0 Å². The monoisotopic (exact) mass is 356 g/mol. The molecule has 0 spiro atoms. The quantitative estimate of drug-likeness (QED) is 0.510. The van der Waals surface area contributed by atoms with E-state index in [-0.39, 0.29) is 43.1 Å². The van der Waals surface area contributed by atoms with Crippen molar-refractivity contribution in [2.75, 3.05) is 0 Å². The molecule has 0 radical (unpaired) electrons. The second-order valence-electron chi connectivity index (χ2n) is 3.49. The van der Waals surface area contributed by atoms with Gasteiger partial charge >= 0.3 is 0 Å². The Morgan fingerprint density at radius 2 is 0.850 bits per heavy atom. The molecule has 2 aromatic rings. The van der Waals surface area contributed by atoms with Crippen molar-refractivity contribution in [3.8, 4) is 23.0 Å². The van der Waals surface area contributed by atoms with Crippen molar-refractivity contribution in [1.29, 1.82) is 0 Å². The SMILES string of the molecule is Oc1cc(Cl)c(O)cc1Cl.Oc1ccc(O)c(Cl)c1Cl. The van der Waals surface area contributed by atoms with Crippen molar-refractivity contribution in [2.24, 2.45) is 0 Å². The van der Waals surface area contributed by atoms with E-state index in [0.717, 1.165) is 0 Å². The molecule has 0 amide bonds. The van der Waals surface area contributed by atoms with Crippen LogP contribution in [0, 0.1) is 0 Å². The molecule has 0 unspecified atom stereocenters. The molecule has 0 aliphatic carbocycles. The molecular formula is C12H8Cl4O4. The smallest absolute Gasteiger partial charge is 0.135 e. The Hall–Kier alpha value is -1.20. The van der Waals surface area contributed by atoms with E-state index < -0.39 is 0 Å². The first-order chi connectivity index (χ1) is 9.23. The van der Waals surface area contributed by atoms with Crippen molar-refractivity contribution in [2.45, 2.75) is 0 Å². The van der Waals surface area contributed by atoms with Crippen molar-refractivity contribution < 1.29 is 20.4 Å². The molecule has 20 heavy (non-hydrogen) atoms. The van der Waals surface area contributed by atoms with E-state index in [1.165, 1.54) is 24.3 Å². The number of hydrogen-bond acceptors (Lipinski definition) is 4. The molecule has 4 nitrogen and oxygen atoms in total. The van der Waals surface area contributed by atoms with Gasteiger partial charge in [0.1, 0.15) is 33.0 Å². The lowest BCUT2D eigenvalue weighted by Gasteiger charge is -1.99. The lowest BCUT2D eigenvalue weighted by Crippen LogP contribution is -1.71. The summed E-state index contributed by atoms with van der Waals surface area (Å²) < 4.78 is 0. The summed E-state index contributed by atoms with van der Waals surface area (Å²) in [5, 5.41) is 35.7. The van der Waals surface area contributed by atoms with Crippen molar-refractivity contribution >= 4 is 46.4 Å². The second-order valence-corrected chi connectivity index (χ2v) is 5.06. The highest BCUT2D eigenvalue weighted by Gasteiger charge is 2.06. The van der Waals surface area contributed by atoms with Gasteiger partial charge in [0, 0.05) is 12.1 Å². The van der Waals surface area contributed by atoms with Gasteiger partial charge in [-0.3, -0.25) is 0 Å². The summed E-state index contributed by atoms with van der Waals surface area (Å²) in [7, 11) is 0. The Labute approximate surface area is 134 Å². The van der Waals surface area contributed by atoms with Gasteiger partial charge in [-0.15, -0.1) is 0 Å². The fourth-order valence-corrected chi connectivity index (χ4v) is 1.69. The number of halogens is 4. The van der Waals surface area contributed by atoms with Gasteiger partial charge in [0.25, 0.3) is 0 Å². The third-order valence-corrected chi connectivity index (χ3v) is 3.53. The van der Waals surface area contributed by atoms with Crippen molar-refractivity contribution in [3.63, 3.8) is 0 Å². The number of hydrogen-bond donors (Lipinski definition) is 4. The molecule has 0 fully saturated rings. The normalized spacial score (nSPS) is 9.80. The van der Waals surface area contributed by atoms with Gasteiger partial charge < -0.3 is 20.4 Å². The largest absolute Gasteiger partial charge is 0.506 e. The van der Waals surface area contributed by atoms with Crippen LogP contribution in [0.25, 0.3) is 0 Å². The van der Waals surface area contributed by atoms with Gasteiger partial charge in [0.05, 0.1) is 10.0 Å². The van der Waals surface area contributed by atoms with Crippen LogP contribution < -0.4 is 0 Å². The number of phenolic OH excluding ortho intramolecular Hbond substituents is 4. The third kappa shape index (κ3) is 4.15. The molecule has 0 bridgehead atoms. The Morgan fingerprint density at radius 1 is 0.550 bits per heavy atom. The maximum Gasteiger partial charge on any atom is 0.135 e. The summed E-state index contributed by atoms with van der Waals surface area (Å²) in [5.74, 6) is -0.539. The van der Waals surface area contributed by atoms with Crippen LogP contribution in [0.2, 0.25) is 20.1 Å². The minimum Gasteiger partial charge on any atom is -0.506 e. The molecule has 4 N–H and O–H groups in total. The lowest BCUT2D eigenvalue weighted by atomic mass is 10.3. The highest BCUT2D eigenvalue weighted by molar-refractivity contribution is 6.43. The Balaban J connectivity index is 0.000000200. The first-order valence-electron chi connectivity index (χ1n) is 4.97. The van der Waals surface area contributed by atoms with E-state index in [1.54, 1.807) is 0 Å². The summed E-state index contributed by atoms with van der Waals surface area (Å²) >= 11 is 21.7. The fourth-order valence-electron chi connectivity index (χ4n) is 1.05. The molecule has 108 valence electrons. The van der Waals surface area contributed by atoms with Crippen LogP contribution in [0.4, 0.5) is 0 Å². The van der Waals surface area contributed by atoms with Gasteiger partial charge in [-0.05, 0) is 12.1 Å². The van der Waals surface area contributed by atoms with Crippen LogP contribution in [-0.4, -0.2) is 20.4 Å². The Morgan fingerprint density at radius 3 is 1.15 bits per heavy atom. The Kier molecular flexibility index (Phi) is 5.89. The maximum absolute atomic E-state index is 8.90. The maximum atomic E-state index is 8.90. The summed E-state index contributed by atoms with van der Waals surface area (Å²) in [4.78, 5) is 0. The molecule has 8 heteroatoms. The Bertz CT molecular complexity index is 554. The standard InChI is InChI=1S/2C6H4Cl2O2/c7-3-1-5(9)4(8)2-6(3)10;7-5-3(9)1-2-4(10)6(5)8/h2*1-2,9-10H. The molecule has 0 heterocycles. The minimum absolute atomic E-state index is 0.0262. The van der Waals surface area contributed by atoms with Crippen LogP contribution in [0.5, 0.6) is 23.0 Å². The zero-order valence-corrected chi connectivity index (χ0v) is 12.6. The summed E-state index contributed by atoms with van der Waals surface area (Å²) in [6.07, 6.45) is 0. The van der Waals surface area contributed by atoms with Crippen LogP contribution in [0.15, 0.2) is 24.3 Å². The predicted molar refractivity (Wildman–Crippen MR) is 79.6 cm³/mol. The molecular weight excluding hydrogens is 350 g/mol. The third-order valence-electron chi connectivity index (χ3n) is 2.06. The van der Waals surface area contributed by atoms with E-state index in [1.807, 2.05) is 0 Å². The van der Waals surface area contributed by atoms with E-state index in [9.17, 15) is 0 Å². The first kappa shape index (κ1) is 16.9. The average molecular weight is 358 g/mol. The van der Waals surface area contributed by atoms with Crippen LogP contribution in [0.3, 0.4) is 0 Å². The summed E-state index contributed by atoms with van der Waals surface area (Å²) in [6.45, 7) is 0. The fraction of sp³-hybridized carbons (Fsp3) is 0. The highest BCUT2D eigenvalue weighted by atomic mass is 35.5. The zero-order chi connectivity index (χ0) is 15.4. The van der Waals surface area contributed by atoms with E-state index >= 15 is 0 Å². The van der Waals surface area contributed by atoms with Crippen molar-refractivity contribution in [1.82, 2.24) is 0 Å². The molecule has 0 atom stereocenters. The average Bonchev–Trinajstić information content (AvgIpc) is 2.39. The zero-order valence-electron chi connectivity index (χ0n) is 9.61. The van der Waals surface area contributed by atoms with Crippen LogP contribution in [0.1, 0.15) is 0 Å². The summed E-state index contributed by atoms with van der Waals surface area (Å²) in [6, 6.07) is 4.89. The molecule has 0 saturated heterocycles. The van der Waals surface area contributed by atoms with Gasteiger partial charge in [0.15, 0.2) is 0 Å². The lowest BCUT2D eigenvalue weighted by molar-refractivity contribution is 0.460. The van der Waals surface area contributed by atoms with Gasteiger partial charge in [-0.1, -0.05) is 46.4 Å². The number of benzene rings is 2. The van der Waals surface area contributed by atoms with Gasteiger partial charge in [-0.25, -0.2) is 0 Å². The molecule has 0 aliphatic heterocycles. The molecule has 0 aliphatic rings. The van der Waals surface area contributed by atoms with Crippen LogP contribution >= 0.6 is 46.4 Å². The van der Waals surface area contributed by atoms with Gasteiger partial charge in [0.2, 0.25) is 0 Å². The van der Waals surface area contributed by atoms with Gasteiger partial charge in [-0.2, -0.15) is 0 Å². The highest BCUT2D eigenvalue weighted by Crippen LogP contribution is 2.37. The summed E-state index contributed by atoms with van der Waals surface area (Å²) in [5.41, 5.74) is 0. The predicted octanol–water partition coefficient (Wildman–Crippen LogP) is 4.81.